The Morgan fingerprint density at radius 2 is 1.80 bits per heavy atom. The van der Waals surface area contributed by atoms with Crippen molar-refractivity contribution in [2.45, 2.75) is 18.3 Å². The molecule has 1 heterocycles. The third-order valence-electron chi connectivity index (χ3n) is 3.41. The molecule has 0 spiro atoms. The van der Waals surface area contributed by atoms with Crippen molar-refractivity contribution < 1.29 is 4.39 Å². The molecule has 1 aliphatic heterocycles. The summed E-state index contributed by atoms with van der Waals surface area (Å²) in [5.41, 5.74) is 7.12. The first kappa shape index (κ1) is 10.6. The lowest BCUT2D eigenvalue weighted by molar-refractivity contribution is 0.315. The van der Waals surface area contributed by atoms with Crippen LogP contribution in [0.4, 0.5) is 4.39 Å². The van der Waals surface area contributed by atoms with Crippen molar-refractivity contribution in [3.05, 3.63) is 35.6 Å². The Morgan fingerprint density at radius 3 is 2.33 bits per heavy atom. The Bertz CT molecular complexity index is 315. The monoisotopic (exact) mass is 208 g/mol. The highest BCUT2D eigenvalue weighted by Crippen LogP contribution is 2.32. The molecule has 2 rings (SSSR count). The second-order valence-electron chi connectivity index (χ2n) is 4.24. The fraction of sp³-hybridized carbons (Fsp3) is 0.500. The first-order chi connectivity index (χ1) is 7.27. The van der Waals surface area contributed by atoms with Crippen molar-refractivity contribution in [1.29, 1.82) is 0 Å². The molecule has 0 aliphatic carbocycles. The van der Waals surface area contributed by atoms with Crippen LogP contribution in [0, 0.1) is 5.82 Å². The van der Waals surface area contributed by atoms with Crippen LogP contribution in [0.1, 0.15) is 18.4 Å². The minimum Gasteiger partial charge on any atom is -0.330 e. The molecule has 1 aromatic carbocycles. The molecule has 1 aromatic rings. The zero-order chi connectivity index (χ0) is 10.7. The molecule has 1 aliphatic rings. The van der Waals surface area contributed by atoms with Crippen LogP contribution >= 0.6 is 0 Å². The van der Waals surface area contributed by atoms with E-state index in [1.54, 1.807) is 0 Å². The molecule has 0 saturated carbocycles. The SMILES string of the molecule is NCC1(c2ccc(F)cc2)CCNCC1. The number of benzene rings is 1. The molecule has 1 fully saturated rings. The van der Waals surface area contributed by atoms with E-state index in [1.165, 1.54) is 17.7 Å². The number of piperidine rings is 1. The van der Waals surface area contributed by atoms with Crippen LogP contribution in [-0.2, 0) is 5.41 Å². The maximum absolute atomic E-state index is 12.8. The van der Waals surface area contributed by atoms with Crippen LogP contribution in [0.3, 0.4) is 0 Å². The van der Waals surface area contributed by atoms with Gasteiger partial charge in [0.2, 0.25) is 0 Å². The van der Waals surface area contributed by atoms with Gasteiger partial charge in [-0.15, -0.1) is 0 Å². The normalized spacial score (nSPS) is 20.1. The van der Waals surface area contributed by atoms with Crippen molar-refractivity contribution in [3.8, 4) is 0 Å². The number of hydrogen-bond acceptors (Lipinski definition) is 2. The molecule has 0 bridgehead atoms. The van der Waals surface area contributed by atoms with Gasteiger partial charge in [-0.2, -0.15) is 0 Å². The van der Waals surface area contributed by atoms with E-state index < -0.39 is 0 Å². The van der Waals surface area contributed by atoms with Crippen LogP contribution < -0.4 is 11.1 Å². The predicted molar refractivity (Wildman–Crippen MR) is 59.2 cm³/mol. The average molecular weight is 208 g/mol. The Hall–Kier alpha value is -0.930. The van der Waals surface area contributed by atoms with E-state index in [4.69, 9.17) is 5.73 Å². The molecule has 15 heavy (non-hydrogen) atoms. The average Bonchev–Trinajstić information content (AvgIpc) is 2.31. The van der Waals surface area contributed by atoms with E-state index >= 15 is 0 Å². The van der Waals surface area contributed by atoms with Crippen molar-refractivity contribution >= 4 is 0 Å². The number of nitrogens with two attached hydrogens (primary N) is 1. The van der Waals surface area contributed by atoms with Gasteiger partial charge in [-0.25, -0.2) is 4.39 Å². The van der Waals surface area contributed by atoms with Gasteiger partial charge in [0, 0.05) is 12.0 Å². The maximum atomic E-state index is 12.8. The molecular formula is C12H17FN2. The van der Waals surface area contributed by atoms with E-state index in [0.717, 1.165) is 25.9 Å². The zero-order valence-corrected chi connectivity index (χ0v) is 8.80. The highest BCUT2D eigenvalue weighted by molar-refractivity contribution is 5.27. The smallest absolute Gasteiger partial charge is 0.123 e. The molecule has 82 valence electrons. The predicted octanol–water partition coefficient (Wildman–Crippen LogP) is 1.41. The lowest BCUT2D eigenvalue weighted by Crippen LogP contribution is -2.44. The third kappa shape index (κ3) is 2.03. The number of rotatable bonds is 2. The summed E-state index contributed by atoms with van der Waals surface area (Å²) in [6, 6.07) is 6.78. The van der Waals surface area contributed by atoms with Gasteiger partial charge in [-0.1, -0.05) is 12.1 Å². The number of nitrogens with one attached hydrogen (secondary N) is 1. The second kappa shape index (κ2) is 4.29. The van der Waals surface area contributed by atoms with Gasteiger partial charge in [0.1, 0.15) is 5.82 Å². The molecule has 2 nitrogen and oxygen atoms in total. The summed E-state index contributed by atoms with van der Waals surface area (Å²) in [5.74, 6) is -0.181. The van der Waals surface area contributed by atoms with Crippen LogP contribution in [0.5, 0.6) is 0 Å². The number of halogens is 1. The minimum absolute atomic E-state index is 0.0545. The van der Waals surface area contributed by atoms with Crippen molar-refractivity contribution in [3.63, 3.8) is 0 Å². The molecule has 3 heteroatoms. The van der Waals surface area contributed by atoms with E-state index in [1.807, 2.05) is 12.1 Å². The largest absolute Gasteiger partial charge is 0.330 e. The first-order valence-corrected chi connectivity index (χ1v) is 5.44. The lowest BCUT2D eigenvalue weighted by atomic mass is 9.73. The van der Waals surface area contributed by atoms with Crippen LogP contribution in [0.15, 0.2) is 24.3 Å². The highest BCUT2D eigenvalue weighted by Gasteiger charge is 2.32. The maximum Gasteiger partial charge on any atom is 0.123 e. The first-order valence-electron chi connectivity index (χ1n) is 5.44. The van der Waals surface area contributed by atoms with Crippen molar-refractivity contribution in [2.24, 2.45) is 5.73 Å². The fourth-order valence-electron chi connectivity index (χ4n) is 2.32. The summed E-state index contributed by atoms with van der Waals surface area (Å²) >= 11 is 0. The summed E-state index contributed by atoms with van der Waals surface area (Å²) in [5, 5.41) is 3.33. The molecule has 3 N–H and O–H groups in total. The standard InChI is InChI=1S/C12H17FN2/c13-11-3-1-10(2-4-11)12(9-14)5-7-15-8-6-12/h1-4,15H,5-9,14H2. The van der Waals surface area contributed by atoms with Gasteiger partial charge in [0.25, 0.3) is 0 Å². The minimum atomic E-state index is -0.181. The molecular weight excluding hydrogens is 191 g/mol. The summed E-state index contributed by atoms with van der Waals surface area (Å²) in [4.78, 5) is 0. The van der Waals surface area contributed by atoms with Crippen LogP contribution in [0.25, 0.3) is 0 Å². The summed E-state index contributed by atoms with van der Waals surface area (Å²) in [6.07, 6.45) is 2.07. The van der Waals surface area contributed by atoms with Gasteiger partial charge in [0.05, 0.1) is 0 Å². The molecule has 1 saturated heterocycles. The van der Waals surface area contributed by atoms with Gasteiger partial charge >= 0.3 is 0 Å². The molecule has 0 atom stereocenters. The molecule has 0 radical (unpaired) electrons. The lowest BCUT2D eigenvalue weighted by Gasteiger charge is -2.37. The van der Waals surface area contributed by atoms with Gasteiger partial charge in [0.15, 0.2) is 0 Å². The van der Waals surface area contributed by atoms with E-state index in [2.05, 4.69) is 5.32 Å². The fourth-order valence-corrected chi connectivity index (χ4v) is 2.32. The Balaban J connectivity index is 2.28. The summed E-state index contributed by atoms with van der Waals surface area (Å²) < 4.78 is 12.8. The van der Waals surface area contributed by atoms with Gasteiger partial charge in [-0.3, -0.25) is 0 Å². The van der Waals surface area contributed by atoms with Crippen LogP contribution in [0.2, 0.25) is 0 Å². The third-order valence-corrected chi connectivity index (χ3v) is 3.41. The Labute approximate surface area is 89.7 Å². The Morgan fingerprint density at radius 1 is 1.20 bits per heavy atom. The van der Waals surface area contributed by atoms with E-state index in [0.29, 0.717) is 6.54 Å². The van der Waals surface area contributed by atoms with Crippen LogP contribution in [-0.4, -0.2) is 19.6 Å². The summed E-state index contributed by atoms with van der Waals surface area (Å²) in [7, 11) is 0. The summed E-state index contributed by atoms with van der Waals surface area (Å²) in [6.45, 7) is 2.63. The highest BCUT2D eigenvalue weighted by atomic mass is 19.1. The van der Waals surface area contributed by atoms with Crippen molar-refractivity contribution in [1.82, 2.24) is 5.32 Å². The quantitative estimate of drug-likeness (QED) is 0.771. The second-order valence-corrected chi connectivity index (χ2v) is 4.24. The van der Waals surface area contributed by atoms with Gasteiger partial charge < -0.3 is 11.1 Å². The zero-order valence-electron chi connectivity index (χ0n) is 8.80. The number of hydrogen-bond donors (Lipinski definition) is 2. The molecule has 0 unspecified atom stereocenters. The molecule has 0 aromatic heterocycles. The Kier molecular flexibility index (Phi) is 3.03. The van der Waals surface area contributed by atoms with Gasteiger partial charge in [-0.05, 0) is 43.6 Å². The molecule has 0 amide bonds. The topological polar surface area (TPSA) is 38.0 Å². The van der Waals surface area contributed by atoms with Crippen molar-refractivity contribution in [2.75, 3.05) is 19.6 Å². The van der Waals surface area contributed by atoms with E-state index in [9.17, 15) is 4.39 Å². The van der Waals surface area contributed by atoms with E-state index in [-0.39, 0.29) is 11.2 Å².